The van der Waals surface area contributed by atoms with Crippen LogP contribution in [-0.2, 0) is 0 Å². The van der Waals surface area contributed by atoms with Gasteiger partial charge >= 0.3 is 0 Å². The maximum absolute atomic E-state index is 2.58. The molecular weight excluding hydrogens is 216 g/mol. The monoisotopic (exact) mass is 248 g/mol. The molecule has 3 saturated carbocycles. The van der Waals surface area contributed by atoms with Gasteiger partial charge in [-0.05, 0) is 72.0 Å². The topological polar surface area (TPSA) is 0 Å². The van der Waals surface area contributed by atoms with Gasteiger partial charge < -0.3 is 0 Å². The van der Waals surface area contributed by atoms with E-state index in [2.05, 4.69) is 41.5 Å². The summed E-state index contributed by atoms with van der Waals surface area (Å²) >= 11 is 0. The van der Waals surface area contributed by atoms with Gasteiger partial charge in [-0.15, -0.1) is 0 Å². The molecule has 3 fully saturated rings. The number of hydrogen-bond donors (Lipinski definition) is 0. The highest BCUT2D eigenvalue weighted by Gasteiger charge is 2.65. The molecule has 104 valence electrons. The molecule has 0 N–H and O–H groups in total. The lowest BCUT2D eigenvalue weighted by Gasteiger charge is -2.46. The van der Waals surface area contributed by atoms with Gasteiger partial charge in [0.2, 0.25) is 0 Å². The van der Waals surface area contributed by atoms with Crippen molar-refractivity contribution >= 4 is 0 Å². The van der Waals surface area contributed by atoms with Gasteiger partial charge in [0, 0.05) is 0 Å². The van der Waals surface area contributed by atoms with Gasteiger partial charge in [0.05, 0.1) is 0 Å². The molecule has 0 aromatic heterocycles. The second kappa shape index (κ2) is 4.00. The summed E-state index contributed by atoms with van der Waals surface area (Å²) in [6.45, 7) is 15.4. The lowest BCUT2D eigenvalue weighted by atomic mass is 9.59. The molecule has 3 aliphatic rings. The molecule has 0 bridgehead atoms. The quantitative estimate of drug-likeness (QED) is 0.550. The fraction of sp³-hybridized carbons (Fsp3) is 1.00. The molecular formula is C18H32. The van der Waals surface area contributed by atoms with Gasteiger partial charge in [0.15, 0.2) is 0 Å². The number of fused-ring (bicyclic) bond motifs is 2. The van der Waals surface area contributed by atoms with Crippen molar-refractivity contribution in [3.63, 3.8) is 0 Å². The Hall–Kier alpha value is 0. The third kappa shape index (κ3) is 1.28. The first-order valence-corrected chi connectivity index (χ1v) is 8.42. The molecule has 0 heterocycles. The van der Waals surface area contributed by atoms with Crippen LogP contribution in [0.25, 0.3) is 0 Å². The standard InChI is InChI=1S/C18H32/c1-10-7-8-11(2)18(10)12(3)9-16-14(5)13(4)15(6)17(16)18/h10-17H,7-9H2,1-6H3/t10-,11+,12-,13?,14?,15?,16?,17?,18?/m0/s1. The van der Waals surface area contributed by atoms with Crippen LogP contribution in [0.1, 0.15) is 60.8 Å². The average Bonchev–Trinajstić information content (AvgIpc) is 2.87. The molecule has 0 aromatic rings. The van der Waals surface area contributed by atoms with E-state index in [0.717, 1.165) is 47.3 Å². The normalized spacial score (nSPS) is 63.7. The van der Waals surface area contributed by atoms with Crippen molar-refractivity contribution in [2.75, 3.05) is 0 Å². The van der Waals surface area contributed by atoms with Gasteiger partial charge in [0.1, 0.15) is 0 Å². The lowest BCUT2D eigenvalue weighted by molar-refractivity contribution is 0.0158. The largest absolute Gasteiger partial charge is 0.0620 e. The predicted octanol–water partition coefficient (Wildman–Crippen LogP) is 5.23. The molecule has 3 rings (SSSR count). The average molecular weight is 248 g/mol. The van der Waals surface area contributed by atoms with Crippen LogP contribution in [0.5, 0.6) is 0 Å². The van der Waals surface area contributed by atoms with Crippen molar-refractivity contribution < 1.29 is 0 Å². The van der Waals surface area contributed by atoms with E-state index in [-0.39, 0.29) is 0 Å². The molecule has 18 heavy (non-hydrogen) atoms. The fourth-order valence-electron chi connectivity index (χ4n) is 7.16. The Bertz CT molecular complexity index is 321. The Balaban J connectivity index is 2.05. The number of hydrogen-bond acceptors (Lipinski definition) is 0. The Kier molecular flexibility index (Phi) is 2.89. The van der Waals surface area contributed by atoms with E-state index >= 15 is 0 Å². The molecule has 0 aliphatic heterocycles. The van der Waals surface area contributed by atoms with Crippen LogP contribution < -0.4 is 0 Å². The van der Waals surface area contributed by atoms with Crippen molar-refractivity contribution in [1.82, 2.24) is 0 Å². The van der Waals surface area contributed by atoms with E-state index in [0.29, 0.717) is 5.41 Å². The summed E-state index contributed by atoms with van der Waals surface area (Å²) in [4.78, 5) is 0. The summed E-state index contributed by atoms with van der Waals surface area (Å²) < 4.78 is 0. The maximum Gasteiger partial charge on any atom is -0.0187 e. The van der Waals surface area contributed by atoms with Crippen LogP contribution in [0.3, 0.4) is 0 Å². The molecule has 0 amide bonds. The Morgan fingerprint density at radius 2 is 1.22 bits per heavy atom. The predicted molar refractivity (Wildman–Crippen MR) is 78.2 cm³/mol. The summed E-state index contributed by atoms with van der Waals surface area (Å²) in [6, 6.07) is 0. The van der Waals surface area contributed by atoms with Crippen molar-refractivity contribution in [3.05, 3.63) is 0 Å². The van der Waals surface area contributed by atoms with Crippen LogP contribution in [0.4, 0.5) is 0 Å². The van der Waals surface area contributed by atoms with Crippen LogP contribution in [-0.4, -0.2) is 0 Å². The molecule has 0 aromatic carbocycles. The SMILES string of the molecule is CC1C(C)C2C[C@H](C)C3(C2C1C)[C@H](C)CC[C@@H]3C. The first-order valence-electron chi connectivity index (χ1n) is 8.42. The van der Waals surface area contributed by atoms with Crippen LogP contribution in [0.15, 0.2) is 0 Å². The van der Waals surface area contributed by atoms with Crippen molar-refractivity contribution in [2.24, 2.45) is 52.8 Å². The molecule has 0 saturated heterocycles. The molecule has 0 nitrogen and oxygen atoms in total. The van der Waals surface area contributed by atoms with Gasteiger partial charge in [-0.3, -0.25) is 0 Å². The Morgan fingerprint density at radius 3 is 1.78 bits per heavy atom. The second-order valence-corrected chi connectivity index (χ2v) is 8.28. The highest BCUT2D eigenvalue weighted by molar-refractivity contribution is 5.13. The molecule has 6 unspecified atom stereocenters. The van der Waals surface area contributed by atoms with Crippen molar-refractivity contribution in [2.45, 2.75) is 60.8 Å². The van der Waals surface area contributed by atoms with E-state index in [4.69, 9.17) is 0 Å². The highest BCUT2D eigenvalue weighted by Crippen LogP contribution is 2.71. The molecule has 3 aliphatic carbocycles. The zero-order chi connectivity index (χ0) is 13.2. The summed E-state index contributed by atoms with van der Waals surface area (Å²) in [6.07, 6.45) is 4.50. The lowest BCUT2D eigenvalue weighted by Crippen LogP contribution is -2.41. The van der Waals surface area contributed by atoms with Gasteiger partial charge in [-0.2, -0.15) is 0 Å². The first kappa shape index (κ1) is 13.0. The third-order valence-corrected chi connectivity index (χ3v) is 8.16. The first-order chi connectivity index (χ1) is 8.42. The van der Waals surface area contributed by atoms with E-state index in [1.54, 1.807) is 0 Å². The highest BCUT2D eigenvalue weighted by atomic mass is 14.7. The van der Waals surface area contributed by atoms with Crippen LogP contribution >= 0.6 is 0 Å². The Labute approximate surface area is 114 Å². The van der Waals surface area contributed by atoms with Crippen molar-refractivity contribution in [1.29, 1.82) is 0 Å². The van der Waals surface area contributed by atoms with E-state index in [1.165, 1.54) is 19.3 Å². The van der Waals surface area contributed by atoms with Crippen LogP contribution in [0, 0.1) is 52.8 Å². The second-order valence-electron chi connectivity index (χ2n) is 8.28. The van der Waals surface area contributed by atoms with Gasteiger partial charge in [0.25, 0.3) is 0 Å². The third-order valence-electron chi connectivity index (χ3n) is 8.16. The maximum atomic E-state index is 2.58. The summed E-state index contributed by atoms with van der Waals surface area (Å²) in [5.74, 6) is 7.85. The van der Waals surface area contributed by atoms with Gasteiger partial charge in [-0.25, -0.2) is 0 Å². The molecule has 1 spiro atoms. The number of rotatable bonds is 0. The smallest absolute Gasteiger partial charge is 0.0187 e. The van der Waals surface area contributed by atoms with Gasteiger partial charge in [-0.1, -0.05) is 41.5 Å². The minimum Gasteiger partial charge on any atom is -0.0620 e. The van der Waals surface area contributed by atoms with E-state index in [1.807, 2.05) is 0 Å². The van der Waals surface area contributed by atoms with Crippen molar-refractivity contribution in [3.8, 4) is 0 Å². The van der Waals surface area contributed by atoms with E-state index < -0.39 is 0 Å². The molecule has 0 radical (unpaired) electrons. The van der Waals surface area contributed by atoms with E-state index in [9.17, 15) is 0 Å². The Morgan fingerprint density at radius 1 is 0.667 bits per heavy atom. The zero-order valence-corrected chi connectivity index (χ0v) is 13.2. The van der Waals surface area contributed by atoms with Crippen LogP contribution in [0.2, 0.25) is 0 Å². The molecule has 0 heteroatoms. The summed E-state index contributed by atoms with van der Waals surface area (Å²) in [5, 5.41) is 0. The minimum atomic E-state index is 0.698. The fourth-order valence-corrected chi connectivity index (χ4v) is 7.16. The summed E-state index contributed by atoms with van der Waals surface area (Å²) in [5.41, 5.74) is 0.698. The summed E-state index contributed by atoms with van der Waals surface area (Å²) in [7, 11) is 0. The zero-order valence-electron chi connectivity index (χ0n) is 13.2. The molecule has 9 atom stereocenters. The minimum absolute atomic E-state index is 0.698.